The molecule has 0 fully saturated rings. The van der Waals surface area contributed by atoms with Crippen molar-refractivity contribution in [3.8, 4) is 16.1 Å². The van der Waals surface area contributed by atoms with E-state index in [9.17, 15) is 0 Å². The van der Waals surface area contributed by atoms with Gasteiger partial charge in [-0.3, -0.25) is 0 Å². The normalized spacial score (nSPS) is 10.6. The van der Waals surface area contributed by atoms with Crippen LogP contribution >= 0.6 is 23.3 Å². The number of hydrogen-bond donors (Lipinski definition) is 0. The maximum Gasteiger partial charge on any atom is 0.261 e. The highest BCUT2D eigenvalue weighted by atomic mass is 32.2. The van der Waals surface area contributed by atoms with Crippen molar-refractivity contribution in [3.05, 3.63) is 66.7 Å². The quantitative estimate of drug-likeness (QED) is 0.509. The predicted molar refractivity (Wildman–Crippen MR) is 83.1 cm³/mol. The number of nitrogens with zero attached hydrogens (tertiary/aromatic N) is 1. The van der Waals surface area contributed by atoms with Gasteiger partial charge in [-0.25, -0.2) is 0 Å². The van der Waals surface area contributed by atoms with Crippen molar-refractivity contribution >= 4 is 23.3 Å². The number of aromatic nitrogens is 1. The largest absolute Gasteiger partial charge is 0.261 e. The zero-order chi connectivity index (χ0) is 13.1. The number of benzene rings is 2. The summed E-state index contributed by atoms with van der Waals surface area (Å²) >= 11 is 3.57. The van der Waals surface area contributed by atoms with Gasteiger partial charge in [-0.1, -0.05) is 64.2 Å². The van der Waals surface area contributed by atoms with Crippen molar-refractivity contribution in [2.45, 2.75) is 5.03 Å². The highest BCUT2D eigenvalue weighted by Gasteiger charge is 2.20. The fraction of sp³-hybridized carbons (Fsp3) is 0.0625. The molecule has 2 aromatic carbocycles. The summed E-state index contributed by atoms with van der Waals surface area (Å²) < 4.78 is 2.28. The van der Waals surface area contributed by atoms with E-state index in [0.717, 1.165) is 0 Å². The van der Waals surface area contributed by atoms with E-state index in [1.807, 2.05) is 0 Å². The van der Waals surface area contributed by atoms with Gasteiger partial charge in [0.1, 0.15) is 16.4 Å². The van der Waals surface area contributed by atoms with E-state index in [1.54, 1.807) is 23.3 Å². The second-order valence-electron chi connectivity index (χ2n) is 4.14. The van der Waals surface area contributed by atoms with E-state index in [-0.39, 0.29) is 0 Å². The first-order chi connectivity index (χ1) is 9.38. The van der Waals surface area contributed by atoms with E-state index in [0.29, 0.717) is 0 Å². The van der Waals surface area contributed by atoms with Crippen molar-refractivity contribution in [1.29, 1.82) is 0 Å². The predicted octanol–water partition coefficient (Wildman–Crippen LogP) is 4.41. The first kappa shape index (κ1) is 12.5. The molecule has 0 aliphatic heterocycles. The summed E-state index contributed by atoms with van der Waals surface area (Å²) in [5.41, 5.74) is 2.50. The topological polar surface area (TPSA) is 3.88 Å². The molecule has 0 spiro atoms. The molecule has 0 saturated heterocycles. The SMILES string of the molecule is CSc1cc(-c2ccccc2)s[n+]1-c1ccccc1. The molecule has 19 heavy (non-hydrogen) atoms. The van der Waals surface area contributed by atoms with Crippen LogP contribution in [0.3, 0.4) is 0 Å². The molecule has 0 unspecified atom stereocenters. The van der Waals surface area contributed by atoms with Crippen LogP contribution in [0, 0.1) is 0 Å². The standard InChI is InChI=1S/C16H14NS2/c1-18-16-12-15(13-8-4-2-5-9-13)19-17(16)14-10-6-3-7-11-14/h2-12H,1H3/q+1. The molecule has 3 rings (SSSR count). The van der Waals surface area contributed by atoms with Gasteiger partial charge in [-0.2, -0.15) is 0 Å². The molecule has 0 amide bonds. The van der Waals surface area contributed by atoms with Crippen LogP contribution in [0.25, 0.3) is 16.1 Å². The minimum Gasteiger partial charge on any atom is -0.0887 e. The lowest BCUT2D eigenvalue weighted by molar-refractivity contribution is -0.562. The molecule has 0 radical (unpaired) electrons. The highest BCUT2D eigenvalue weighted by Crippen LogP contribution is 2.28. The fourth-order valence-corrected chi connectivity index (χ4v) is 3.85. The molecule has 1 nitrogen and oxygen atoms in total. The van der Waals surface area contributed by atoms with Crippen LogP contribution in [0.1, 0.15) is 0 Å². The second-order valence-corrected chi connectivity index (χ2v) is 5.95. The zero-order valence-electron chi connectivity index (χ0n) is 10.6. The Bertz CT molecular complexity index is 660. The molecule has 0 N–H and O–H groups in total. The molecule has 0 aliphatic carbocycles. The van der Waals surface area contributed by atoms with Gasteiger partial charge in [0.05, 0.1) is 0 Å². The number of para-hydroxylation sites is 1. The van der Waals surface area contributed by atoms with Gasteiger partial charge >= 0.3 is 0 Å². The van der Waals surface area contributed by atoms with Gasteiger partial charge in [-0.05, 0) is 11.8 Å². The van der Waals surface area contributed by atoms with E-state index >= 15 is 0 Å². The molecule has 0 bridgehead atoms. The van der Waals surface area contributed by atoms with Crippen LogP contribution in [0.2, 0.25) is 0 Å². The molecule has 0 saturated carbocycles. The minimum absolute atomic E-state index is 1.22. The summed E-state index contributed by atoms with van der Waals surface area (Å²) in [6, 6.07) is 23.3. The Morgan fingerprint density at radius 3 is 2.16 bits per heavy atom. The van der Waals surface area contributed by atoms with E-state index in [2.05, 4.69) is 76.9 Å². The van der Waals surface area contributed by atoms with Crippen molar-refractivity contribution in [3.63, 3.8) is 0 Å². The lowest BCUT2D eigenvalue weighted by atomic mass is 10.2. The van der Waals surface area contributed by atoms with Crippen molar-refractivity contribution in [2.24, 2.45) is 0 Å². The van der Waals surface area contributed by atoms with Crippen molar-refractivity contribution in [2.75, 3.05) is 6.26 Å². The third-order valence-electron chi connectivity index (χ3n) is 2.90. The Morgan fingerprint density at radius 2 is 1.53 bits per heavy atom. The zero-order valence-corrected chi connectivity index (χ0v) is 12.2. The van der Waals surface area contributed by atoms with E-state index < -0.39 is 0 Å². The molecular weight excluding hydrogens is 270 g/mol. The summed E-state index contributed by atoms with van der Waals surface area (Å²) in [6.45, 7) is 0. The Labute approximate surface area is 121 Å². The first-order valence-corrected chi connectivity index (χ1v) is 8.09. The van der Waals surface area contributed by atoms with Crippen LogP contribution in [0.5, 0.6) is 0 Å². The van der Waals surface area contributed by atoms with Crippen molar-refractivity contribution < 1.29 is 3.96 Å². The average molecular weight is 284 g/mol. The van der Waals surface area contributed by atoms with Gasteiger partial charge in [-0.15, -0.1) is 0 Å². The molecule has 3 heteroatoms. The number of thioether (sulfide) groups is 1. The average Bonchev–Trinajstić information content (AvgIpc) is 2.93. The molecular formula is C16H14NS2+. The van der Waals surface area contributed by atoms with Crippen LogP contribution in [0.4, 0.5) is 0 Å². The van der Waals surface area contributed by atoms with Crippen LogP contribution in [-0.4, -0.2) is 6.26 Å². The van der Waals surface area contributed by atoms with Gasteiger partial charge < -0.3 is 0 Å². The molecule has 0 aliphatic rings. The maximum absolute atomic E-state index is 2.28. The molecule has 0 atom stereocenters. The van der Waals surface area contributed by atoms with Gasteiger partial charge in [0.2, 0.25) is 5.69 Å². The summed E-state index contributed by atoms with van der Waals surface area (Å²) in [4.78, 5) is 1.30. The second kappa shape index (κ2) is 5.59. The Kier molecular flexibility index (Phi) is 3.67. The minimum atomic E-state index is 1.22. The monoisotopic (exact) mass is 284 g/mol. The van der Waals surface area contributed by atoms with Gasteiger partial charge in [0.25, 0.3) is 5.03 Å². The first-order valence-electron chi connectivity index (χ1n) is 6.10. The Hall–Kier alpha value is -1.58. The lowest BCUT2D eigenvalue weighted by Gasteiger charge is -1.92. The summed E-state index contributed by atoms with van der Waals surface area (Å²) in [6.07, 6.45) is 2.12. The smallest absolute Gasteiger partial charge is 0.0887 e. The molecule has 94 valence electrons. The fourth-order valence-electron chi connectivity index (χ4n) is 1.96. The highest BCUT2D eigenvalue weighted by molar-refractivity contribution is 7.98. The van der Waals surface area contributed by atoms with E-state index in [4.69, 9.17) is 0 Å². The van der Waals surface area contributed by atoms with Gasteiger partial charge in [0, 0.05) is 18.2 Å². The Morgan fingerprint density at radius 1 is 0.895 bits per heavy atom. The summed E-state index contributed by atoms with van der Waals surface area (Å²) in [5, 5.41) is 1.27. The summed E-state index contributed by atoms with van der Waals surface area (Å²) in [7, 11) is 0. The van der Waals surface area contributed by atoms with Crippen LogP contribution in [0.15, 0.2) is 71.8 Å². The summed E-state index contributed by atoms with van der Waals surface area (Å²) in [5.74, 6) is 0. The number of hydrogen-bond acceptors (Lipinski definition) is 2. The van der Waals surface area contributed by atoms with Crippen LogP contribution < -0.4 is 3.96 Å². The number of rotatable bonds is 3. The molecule has 3 aromatic rings. The van der Waals surface area contributed by atoms with Gasteiger partial charge in [0.15, 0.2) is 0 Å². The van der Waals surface area contributed by atoms with Crippen LogP contribution in [-0.2, 0) is 0 Å². The van der Waals surface area contributed by atoms with E-state index in [1.165, 1.54) is 21.2 Å². The molecule has 1 heterocycles. The lowest BCUT2D eigenvalue weighted by Crippen LogP contribution is -2.26. The third kappa shape index (κ3) is 2.57. The molecule has 1 aromatic heterocycles. The van der Waals surface area contributed by atoms with Crippen molar-refractivity contribution in [1.82, 2.24) is 0 Å². The maximum atomic E-state index is 2.28. The third-order valence-corrected chi connectivity index (χ3v) is 4.88. The Balaban J connectivity index is 2.09.